The van der Waals surface area contributed by atoms with Gasteiger partial charge in [0.15, 0.2) is 0 Å². The van der Waals surface area contributed by atoms with Crippen LogP contribution in [0.4, 0.5) is 4.39 Å². The molecule has 2 N–H and O–H groups in total. The Labute approximate surface area is 152 Å². The van der Waals surface area contributed by atoms with E-state index in [1.807, 2.05) is 25.1 Å². The topological polar surface area (TPSA) is 54.1 Å². The summed E-state index contributed by atoms with van der Waals surface area (Å²) in [5.74, 6) is 0.314. The van der Waals surface area contributed by atoms with Gasteiger partial charge in [0.2, 0.25) is 0 Å². The van der Waals surface area contributed by atoms with E-state index in [9.17, 15) is 9.18 Å². The molecule has 0 fully saturated rings. The summed E-state index contributed by atoms with van der Waals surface area (Å²) in [6.07, 6.45) is 1.63. The van der Waals surface area contributed by atoms with Crippen LogP contribution >= 0.6 is 0 Å². The van der Waals surface area contributed by atoms with E-state index in [4.69, 9.17) is 4.74 Å². The summed E-state index contributed by atoms with van der Waals surface area (Å²) in [7, 11) is 0. The van der Waals surface area contributed by atoms with Crippen LogP contribution in [0.2, 0.25) is 0 Å². The molecule has 4 nitrogen and oxygen atoms in total. The third-order valence-corrected chi connectivity index (χ3v) is 4.51. The molecule has 5 heteroatoms. The number of carbonyl (C=O) groups is 1. The molecule has 0 unspecified atom stereocenters. The molecular formula is C21H23FN2O2. The molecule has 26 heavy (non-hydrogen) atoms. The minimum atomic E-state index is -0.275. The Morgan fingerprint density at radius 2 is 1.88 bits per heavy atom. The average molecular weight is 354 g/mol. The molecule has 1 amide bonds. The summed E-state index contributed by atoms with van der Waals surface area (Å²) >= 11 is 0. The van der Waals surface area contributed by atoms with E-state index in [0.717, 1.165) is 29.4 Å². The molecule has 0 aliphatic rings. The van der Waals surface area contributed by atoms with Crippen molar-refractivity contribution < 1.29 is 13.9 Å². The SMILES string of the molecule is Cc1[nH]c2ccc(C(=O)NCCCCOc3ccc(F)cc3)cc2c1C. The minimum Gasteiger partial charge on any atom is -0.494 e. The molecule has 2 aromatic carbocycles. The Balaban J connectivity index is 1.42. The fraction of sp³-hybridized carbons (Fsp3) is 0.286. The molecule has 0 radical (unpaired) electrons. The second-order valence-corrected chi connectivity index (χ2v) is 6.40. The van der Waals surface area contributed by atoms with E-state index in [1.165, 1.54) is 17.7 Å². The van der Waals surface area contributed by atoms with Crippen molar-refractivity contribution in [3.63, 3.8) is 0 Å². The lowest BCUT2D eigenvalue weighted by molar-refractivity contribution is 0.0952. The maximum Gasteiger partial charge on any atom is 0.251 e. The Morgan fingerprint density at radius 1 is 1.12 bits per heavy atom. The van der Waals surface area contributed by atoms with E-state index in [0.29, 0.717) is 24.5 Å². The van der Waals surface area contributed by atoms with Crippen LogP contribution in [0.1, 0.15) is 34.5 Å². The van der Waals surface area contributed by atoms with Gasteiger partial charge in [-0.05, 0) is 74.7 Å². The van der Waals surface area contributed by atoms with Crippen molar-refractivity contribution in [3.05, 3.63) is 65.1 Å². The van der Waals surface area contributed by atoms with Crippen molar-refractivity contribution in [2.75, 3.05) is 13.2 Å². The molecule has 1 heterocycles. The molecule has 0 saturated heterocycles. The fourth-order valence-electron chi connectivity index (χ4n) is 2.85. The van der Waals surface area contributed by atoms with Crippen molar-refractivity contribution in [3.8, 4) is 5.75 Å². The van der Waals surface area contributed by atoms with Gasteiger partial charge in [-0.25, -0.2) is 4.39 Å². The second kappa shape index (κ2) is 8.04. The van der Waals surface area contributed by atoms with Crippen molar-refractivity contribution in [1.82, 2.24) is 10.3 Å². The van der Waals surface area contributed by atoms with Crippen molar-refractivity contribution in [2.45, 2.75) is 26.7 Å². The van der Waals surface area contributed by atoms with Gasteiger partial charge in [0, 0.05) is 28.7 Å². The normalized spacial score (nSPS) is 10.9. The number of aryl methyl sites for hydroxylation is 2. The number of amides is 1. The lowest BCUT2D eigenvalue weighted by Gasteiger charge is -2.07. The Kier molecular flexibility index (Phi) is 5.56. The highest BCUT2D eigenvalue weighted by molar-refractivity contribution is 5.99. The lowest BCUT2D eigenvalue weighted by Crippen LogP contribution is -2.24. The predicted octanol–water partition coefficient (Wildman–Crippen LogP) is 4.51. The van der Waals surface area contributed by atoms with E-state index < -0.39 is 0 Å². The Morgan fingerprint density at radius 3 is 2.65 bits per heavy atom. The van der Waals surface area contributed by atoms with Crippen LogP contribution in [0, 0.1) is 19.7 Å². The smallest absolute Gasteiger partial charge is 0.251 e. The highest BCUT2D eigenvalue weighted by atomic mass is 19.1. The number of hydrogen-bond donors (Lipinski definition) is 2. The molecule has 0 spiro atoms. The number of fused-ring (bicyclic) bond motifs is 1. The van der Waals surface area contributed by atoms with Crippen molar-refractivity contribution in [2.24, 2.45) is 0 Å². The summed E-state index contributed by atoms with van der Waals surface area (Å²) in [5, 5.41) is 4.03. The van der Waals surface area contributed by atoms with Crippen LogP contribution in [-0.2, 0) is 0 Å². The minimum absolute atomic E-state index is 0.0652. The number of benzene rings is 2. The number of unbranched alkanes of at least 4 members (excludes halogenated alkanes) is 1. The predicted molar refractivity (Wildman–Crippen MR) is 101 cm³/mol. The number of aromatic amines is 1. The molecule has 3 rings (SSSR count). The first kappa shape index (κ1) is 18.0. The maximum absolute atomic E-state index is 12.8. The molecule has 0 aliphatic heterocycles. The van der Waals surface area contributed by atoms with Gasteiger partial charge in [-0.15, -0.1) is 0 Å². The van der Waals surface area contributed by atoms with E-state index in [-0.39, 0.29) is 11.7 Å². The van der Waals surface area contributed by atoms with Gasteiger partial charge in [0.1, 0.15) is 11.6 Å². The van der Waals surface area contributed by atoms with Crippen LogP contribution in [0.3, 0.4) is 0 Å². The molecule has 3 aromatic rings. The Bertz CT molecular complexity index is 900. The number of H-pyrrole nitrogens is 1. The summed E-state index contributed by atoms with van der Waals surface area (Å²) in [5.41, 5.74) is 4.02. The summed E-state index contributed by atoms with van der Waals surface area (Å²) in [6, 6.07) is 11.7. The zero-order chi connectivity index (χ0) is 18.5. The van der Waals surface area contributed by atoms with E-state index >= 15 is 0 Å². The summed E-state index contributed by atoms with van der Waals surface area (Å²) in [6.45, 7) is 5.21. The highest BCUT2D eigenvalue weighted by Gasteiger charge is 2.09. The molecular weight excluding hydrogens is 331 g/mol. The number of rotatable bonds is 7. The van der Waals surface area contributed by atoms with Gasteiger partial charge in [-0.3, -0.25) is 4.79 Å². The average Bonchev–Trinajstić information content (AvgIpc) is 2.93. The van der Waals surface area contributed by atoms with Gasteiger partial charge >= 0.3 is 0 Å². The molecule has 0 atom stereocenters. The third kappa shape index (κ3) is 4.23. The summed E-state index contributed by atoms with van der Waals surface area (Å²) in [4.78, 5) is 15.6. The zero-order valence-electron chi connectivity index (χ0n) is 15.1. The van der Waals surface area contributed by atoms with Crippen LogP contribution in [0.5, 0.6) is 5.75 Å². The van der Waals surface area contributed by atoms with Crippen LogP contribution < -0.4 is 10.1 Å². The number of nitrogens with one attached hydrogen (secondary N) is 2. The van der Waals surface area contributed by atoms with Crippen LogP contribution in [0.25, 0.3) is 10.9 Å². The number of hydrogen-bond acceptors (Lipinski definition) is 2. The molecule has 0 saturated carbocycles. The second-order valence-electron chi connectivity index (χ2n) is 6.40. The largest absolute Gasteiger partial charge is 0.494 e. The van der Waals surface area contributed by atoms with Gasteiger partial charge in [-0.2, -0.15) is 0 Å². The number of ether oxygens (including phenoxy) is 1. The fourth-order valence-corrected chi connectivity index (χ4v) is 2.85. The quantitative estimate of drug-likeness (QED) is 0.613. The molecule has 0 aliphatic carbocycles. The Hall–Kier alpha value is -2.82. The van der Waals surface area contributed by atoms with Gasteiger partial charge < -0.3 is 15.0 Å². The maximum atomic E-state index is 12.8. The zero-order valence-corrected chi connectivity index (χ0v) is 15.1. The van der Waals surface area contributed by atoms with E-state index in [1.54, 1.807) is 12.1 Å². The van der Waals surface area contributed by atoms with Crippen LogP contribution in [0.15, 0.2) is 42.5 Å². The van der Waals surface area contributed by atoms with Gasteiger partial charge in [-0.1, -0.05) is 0 Å². The molecule has 136 valence electrons. The van der Waals surface area contributed by atoms with Crippen molar-refractivity contribution in [1.29, 1.82) is 0 Å². The monoisotopic (exact) mass is 354 g/mol. The summed E-state index contributed by atoms with van der Waals surface area (Å²) < 4.78 is 18.3. The van der Waals surface area contributed by atoms with Crippen molar-refractivity contribution >= 4 is 16.8 Å². The van der Waals surface area contributed by atoms with Crippen LogP contribution in [-0.4, -0.2) is 24.0 Å². The van der Waals surface area contributed by atoms with Gasteiger partial charge in [0.05, 0.1) is 6.61 Å². The van der Waals surface area contributed by atoms with Gasteiger partial charge in [0.25, 0.3) is 5.91 Å². The first-order valence-corrected chi connectivity index (χ1v) is 8.80. The first-order chi connectivity index (χ1) is 12.5. The lowest BCUT2D eigenvalue weighted by atomic mass is 10.1. The first-order valence-electron chi connectivity index (χ1n) is 8.80. The van der Waals surface area contributed by atoms with E-state index in [2.05, 4.69) is 17.2 Å². The third-order valence-electron chi connectivity index (χ3n) is 4.51. The molecule has 0 bridgehead atoms. The standard InChI is InChI=1S/C21H23FN2O2/c1-14-15(2)24-20-10-5-16(13-19(14)20)21(25)23-11-3-4-12-26-18-8-6-17(22)7-9-18/h5-10,13,24H,3-4,11-12H2,1-2H3,(H,23,25). The number of halogens is 1. The molecule has 1 aromatic heterocycles. The number of aromatic nitrogens is 1. The number of carbonyl (C=O) groups excluding carboxylic acids is 1. The highest BCUT2D eigenvalue weighted by Crippen LogP contribution is 2.22.